The number of carbonyl (C=O) groups is 1. The highest BCUT2D eigenvalue weighted by molar-refractivity contribution is 5.75. The number of aliphatic carboxylic acids is 1. The summed E-state index contributed by atoms with van der Waals surface area (Å²) >= 11 is 0. The molecule has 0 aliphatic carbocycles. The molecule has 2 aromatic carbocycles. The molecule has 1 aliphatic rings. The van der Waals surface area contributed by atoms with E-state index in [2.05, 4.69) is 4.90 Å². The fourth-order valence-electron chi connectivity index (χ4n) is 3.44. The number of carboxylic acids is 1. The van der Waals surface area contributed by atoms with Crippen molar-refractivity contribution in [1.29, 1.82) is 0 Å². The molecule has 0 spiro atoms. The first kappa shape index (κ1) is 17.5. The highest BCUT2D eigenvalue weighted by atomic mass is 16.4. The van der Waals surface area contributed by atoms with Crippen LogP contribution in [0.2, 0.25) is 0 Å². The molecule has 25 heavy (non-hydrogen) atoms. The van der Waals surface area contributed by atoms with Gasteiger partial charge in [-0.25, -0.2) is 0 Å². The van der Waals surface area contributed by atoms with Gasteiger partial charge in [-0.1, -0.05) is 42.5 Å². The summed E-state index contributed by atoms with van der Waals surface area (Å²) in [6.45, 7) is 5.64. The standard InChI is InChI=1S/C20H24N2O3/c1-15-6-5-9-18(23)17(15)14-21-10-12-22(13-11-21)19(20(24)25)16-7-3-2-4-8-16/h2-9,19,23H,10-14H2,1H3,(H,24,25). The molecule has 0 bridgehead atoms. The van der Waals surface area contributed by atoms with E-state index < -0.39 is 12.0 Å². The Kier molecular flexibility index (Phi) is 5.36. The molecule has 0 radical (unpaired) electrons. The first-order valence-corrected chi connectivity index (χ1v) is 8.58. The molecular formula is C20H24N2O3. The number of hydrogen-bond donors (Lipinski definition) is 2. The monoisotopic (exact) mass is 340 g/mol. The number of phenols is 1. The minimum atomic E-state index is -0.809. The normalized spacial score (nSPS) is 17.3. The zero-order valence-corrected chi connectivity index (χ0v) is 14.4. The lowest BCUT2D eigenvalue weighted by molar-refractivity contribution is -0.144. The summed E-state index contributed by atoms with van der Waals surface area (Å²) in [5.41, 5.74) is 2.85. The molecule has 5 heteroatoms. The number of benzene rings is 2. The van der Waals surface area contributed by atoms with E-state index in [1.165, 1.54) is 0 Å². The largest absolute Gasteiger partial charge is 0.508 e. The zero-order chi connectivity index (χ0) is 17.8. The Hall–Kier alpha value is -2.37. The van der Waals surface area contributed by atoms with Gasteiger partial charge in [0, 0.05) is 38.3 Å². The molecule has 1 unspecified atom stereocenters. The van der Waals surface area contributed by atoms with Crippen LogP contribution in [0.5, 0.6) is 5.75 Å². The van der Waals surface area contributed by atoms with Gasteiger partial charge in [-0.05, 0) is 24.1 Å². The van der Waals surface area contributed by atoms with Crippen molar-refractivity contribution in [2.45, 2.75) is 19.5 Å². The number of rotatable bonds is 5. The summed E-state index contributed by atoms with van der Waals surface area (Å²) in [6.07, 6.45) is 0. The maximum absolute atomic E-state index is 11.8. The quantitative estimate of drug-likeness (QED) is 0.876. The van der Waals surface area contributed by atoms with Crippen LogP contribution in [0.3, 0.4) is 0 Å². The van der Waals surface area contributed by atoms with Crippen molar-refractivity contribution in [3.05, 3.63) is 65.2 Å². The van der Waals surface area contributed by atoms with Gasteiger partial charge in [-0.2, -0.15) is 0 Å². The Balaban J connectivity index is 1.66. The average molecular weight is 340 g/mol. The lowest BCUT2D eigenvalue weighted by Gasteiger charge is -2.38. The molecule has 1 aliphatic heterocycles. The lowest BCUT2D eigenvalue weighted by Crippen LogP contribution is -2.48. The molecule has 3 rings (SSSR count). The van der Waals surface area contributed by atoms with Crippen molar-refractivity contribution in [1.82, 2.24) is 9.80 Å². The average Bonchev–Trinajstić information content (AvgIpc) is 2.60. The van der Waals surface area contributed by atoms with Crippen LogP contribution in [0.4, 0.5) is 0 Å². The van der Waals surface area contributed by atoms with Crippen LogP contribution in [0.15, 0.2) is 48.5 Å². The lowest BCUT2D eigenvalue weighted by atomic mass is 10.0. The van der Waals surface area contributed by atoms with Crippen molar-refractivity contribution < 1.29 is 15.0 Å². The van der Waals surface area contributed by atoms with Gasteiger partial charge in [-0.15, -0.1) is 0 Å². The maximum atomic E-state index is 11.8. The van der Waals surface area contributed by atoms with E-state index >= 15 is 0 Å². The Morgan fingerprint density at radius 1 is 1.04 bits per heavy atom. The van der Waals surface area contributed by atoms with Crippen LogP contribution in [-0.2, 0) is 11.3 Å². The minimum absolute atomic E-state index is 0.329. The first-order valence-electron chi connectivity index (χ1n) is 8.58. The van der Waals surface area contributed by atoms with Crippen molar-refractivity contribution in [3.8, 4) is 5.75 Å². The third-order valence-electron chi connectivity index (χ3n) is 4.89. The van der Waals surface area contributed by atoms with Gasteiger partial charge in [-0.3, -0.25) is 14.6 Å². The van der Waals surface area contributed by atoms with E-state index in [0.29, 0.717) is 25.4 Å². The molecule has 1 heterocycles. The third kappa shape index (κ3) is 4.00. The van der Waals surface area contributed by atoms with E-state index in [1.807, 2.05) is 54.3 Å². The van der Waals surface area contributed by atoms with Crippen LogP contribution in [0, 0.1) is 6.92 Å². The highest BCUT2D eigenvalue weighted by Crippen LogP contribution is 2.25. The maximum Gasteiger partial charge on any atom is 0.325 e. The molecule has 2 aromatic rings. The van der Waals surface area contributed by atoms with E-state index in [-0.39, 0.29) is 0 Å². The van der Waals surface area contributed by atoms with Crippen LogP contribution in [0.25, 0.3) is 0 Å². The molecule has 132 valence electrons. The van der Waals surface area contributed by atoms with Crippen molar-refractivity contribution >= 4 is 5.97 Å². The van der Waals surface area contributed by atoms with Gasteiger partial charge in [0.05, 0.1) is 0 Å². The van der Waals surface area contributed by atoms with Crippen molar-refractivity contribution in [2.24, 2.45) is 0 Å². The number of piperazine rings is 1. The van der Waals surface area contributed by atoms with Gasteiger partial charge < -0.3 is 10.2 Å². The van der Waals surface area contributed by atoms with E-state index in [9.17, 15) is 15.0 Å². The summed E-state index contributed by atoms with van der Waals surface area (Å²) in [5.74, 6) is -0.480. The summed E-state index contributed by atoms with van der Waals surface area (Å²) in [5, 5.41) is 19.7. The van der Waals surface area contributed by atoms with Gasteiger partial charge >= 0.3 is 5.97 Å². The number of hydrogen-bond acceptors (Lipinski definition) is 4. The fourth-order valence-corrected chi connectivity index (χ4v) is 3.44. The fraction of sp³-hybridized carbons (Fsp3) is 0.350. The molecule has 1 atom stereocenters. The highest BCUT2D eigenvalue weighted by Gasteiger charge is 2.30. The number of carboxylic acid groups (broad SMARTS) is 1. The number of phenolic OH excluding ortho intramolecular Hbond substituents is 1. The third-order valence-corrected chi connectivity index (χ3v) is 4.89. The van der Waals surface area contributed by atoms with E-state index in [0.717, 1.165) is 29.8 Å². The second-order valence-corrected chi connectivity index (χ2v) is 6.54. The minimum Gasteiger partial charge on any atom is -0.508 e. The second kappa shape index (κ2) is 7.68. The van der Waals surface area contributed by atoms with E-state index in [1.54, 1.807) is 6.07 Å². The molecule has 0 saturated carbocycles. The van der Waals surface area contributed by atoms with Crippen LogP contribution in [-0.4, -0.2) is 52.2 Å². The Labute approximate surface area is 148 Å². The molecule has 1 fully saturated rings. The van der Waals surface area contributed by atoms with Crippen molar-refractivity contribution in [2.75, 3.05) is 26.2 Å². The van der Waals surface area contributed by atoms with Crippen LogP contribution in [0.1, 0.15) is 22.7 Å². The van der Waals surface area contributed by atoms with E-state index in [4.69, 9.17) is 0 Å². The smallest absolute Gasteiger partial charge is 0.325 e. The molecule has 0 amide bonds. The van der Waals surface area contributed by atoms with Crippen LogP contribution >= 0.6 is 0 Å². The number of nitrogens with zero attached hydrogens (tertiary/aromatic N) is 2. The molecule has 0 aromatic heterocycles. The number of aromatic hydroxyl groups is 1. The van der Waals surface area contributed by atoms with Gasteiger partial charge in [0.25, 0.3) is 0 Å². The van der Waals surface area contributed by atoms with Gasteiger partial charge in [0.2, 0.25) is 0 Å². The SMILES string of the molecule is Cc1cccc(O)c1CN1CCN(C(C(=O)O)c2ccccc2)CC1. The molecule has 5 nitrogen and oxygen atoms in total. The van der Waals surface area contributed by atoms with Gasteiger partial charge in [0.15, 0.2) is 0 Å². The number of aryl methyl sites for hydroxylation is 1. The van der Waals surface area contributed by atoms with Crippen molar-refractivity contribution in [3.63, 3.8) is 0 Å². The molecule has 2 N–H and O–H groups in total. The summed E-state index contributed by atoms with van der Waals surface area (Å²) in [4.78, 5) is 16.1. The Morgan fingerprint density at radius 3 is 2.32 bits per heavy atom. The second-order valence-electron chi connectivity index (χ2n) is 6.54. The topological polar surface area (TPSA) is 64.0 Å². The Morgan fingerprint density at radius 2 is 1.72 bits per heavy atom. The molecular weight excluding hydrogens is 316 g/mol. The predicted octanol–water partition coefficient (Wildman–Crippen LogP) is 2.64. The Bertz CT molecular complexity index is 705. The summed E-state index contributed by atoms with van der Waals surface area (Å²) < 4.78 is 0. The predicted molar refractivity (Wildman–Crippen MR) is 96.5 cm³/mol. The van der Waals surface area contributed by atoms with Crippen LogP contribution < -0.4 is 0 Å². The zero-order valence-electron chi connectivity index (χ0n) is 14.4. The van der Waals surface area contributed by atoms with Gasteiger partial charge in [0.1, 0.15) is 11.8 Å². The summed E-state index contributed by atoms with van der Waals surface area (Å²) in [7, 11) is 0. The first-order chi connectivity index (χ1) is 12.1. The summed E-state index contributed by atoms with van der Waals surface area (Å²) in [6, 6.07) is 14.4. The molecule has 1 saturated heterocycles.